The SMILES string of the molecule is C/C(=C/C(=O)c1ccc2noc(-c3ccc(F)cc3)c2c1)Nc1ccc(F)cc1C. The Morgan fingerprint density at radius 1 is 1.00 bits per heavy atom. The minimum absolute atomic E-state index is 0.201. The van der Waals surface area contributed by atoms with Crippen LogP contribution in [0.15, 0.2) is 77.0 Å². The van der Waals surface area contributed by atoms with E-state index in [4.69, 9.17) is 4.52 Å². The molecule has 0 spiro atoms. The van der Waals surface area contributed by atoms with Crippen LogP contribution in [0.1, 0.15) is 22.8 Å². The fourth-order valence-electron chi connectivity index (χ4n) is 3.20. The van der Waals surface area contributed by atoms with E-state index in [-0.39, 0.29) is 17.4 Å². The van der Waals surface area contributed by atoms with Crippen molar-refractivity contribution in [1.82, 2.24) is 5.16 Å². The average Bonchev–Trinajstić information content (AvgIpc) is 3.14. The van der Waals surface area contributed by atoms with Crippen molar-refractivity contribution in [3.05, 3.63) is 95.2 Å². The molecule has 4 aromatic rings. The number of nitrogens with zero attached hydrogens (tertiary/aromatic N) is 1. The van der Waals surface area contributed by atoms with Crippen LogP contribution in [-0.4, -0.2) is 10.9 Å². The molecule has 0 aliphatic carbocycles. The third-order valence-electron chi connectivity index (χ3n) is 4.74. The number of hydrogen-bond donors (Lipinski definition) is 1. The molecule has 1 heterocycles. The van der Waals surface area contributed by atoms with Crippen molar-refractivity contribution in [3.8, 4) is 11.3 Å². The molecule has 4 rings (SSSR count). The van der Waals surface area contributed by atoms with E-state index in [1.807, 2.05) is 0 Å². The van der Waals surface area contributed by atoms with Crippen molar-refractivity contribution in [2.75, 3.05) is 5.32 Å². The number of benzene rings is 3. The summed E-state index contributed by atoms with van der Waals surface area (Å²) in [4.78, 5) is 12.8. The van der Waals surface area contributed by atoms with Gasteiger partial charge in [0.2, 0.25) is 0 Å². The Kier molecular flexibility index (Phi) is 5.14. The van der Waals surface area contributed by atoms with Crippen LogP contribution >= 0.6 is 0 Å². The van der Waals surface area contributed by atoms with Gasteiger partial charge in [-0.15, -0.1) is 0 Å². The molecule has 30 heavy (non-hydrogen) atoms. The summed E-state index contributed by atoms with van der Waals surface area (Å²) in [6.45, 7) is 3.56. The normalized spacial score (nSPS) is 11.7. The average molecular weight is 404 g/mol. The van der Waals surface area contributed by atoms with Gasteiger partial charge < -0.3 is 9.84 Å². The predicted octanol–water partition coefficient (Wildman–Crippen LogP) is 6.28. The number of allylic oxidation sites excluding steroid dienone is 2. The van der Waals surface area contributed by atoms with E-state index < -0.39 is 0 Å². The first-order valence-electron chi connectivity index (χ1n) is 9.32. The van der Waals surface area contributed by atoms with Gasteiger partial charge in [-0.1, -0.05) is 5.16 Å². The lowest BCUT2D eigenvalue weighted by Crippen LogP contribution is -2.02. The predicted molar refractivity (Wildman–Crippen MR) is 112 cm³/mol. The van der Waals surface area contributed by atoms with Crippen LogP contribution in [0.4, 0.5) is 14.5 Å². The van der Waals surface area contributed by atoms with Gasteiger partial charge in [-0.3, -0.25) is 4.79 Å². The summed E-state index contributed by atoms with van der Waals surface area (Å²) in [5.74, 6) is -0.383. The number of carbonyl (C=O) groups is 1. The van der Waals surface area contributed by atoms with E-state index in [0.29, 0.717) is 33.5 Å². The number of carbonyl (C=O) groups excluding carboxylic acids is 1. The third-order valence-corrected chi connectivity index (χ3v) is 4.74. The van der Waals surface area contributed by atoms with Crippen molar-refractivity contribution in [3.63, 3.8) is 0 Å². The van der Waals surface area contributed by atoms with Crippen LogP contribution in [0.5, 0.6) is 0 Å². The number of hydrogen-bond acceptors (Lipinski definition) is 4. The maximum atomic E-state index is 13.3. The lowest BCUT2D eigenvalue weighted by Gasteiger charge is -2.09. The van der Waals surface area contributed by atoms with E-state index >= 15 is 0 Å². The molecule has 6 heteroatoms. The molecule has 0 saturated heterocycles. The monoisotopic (exact) mass is 404 g/mol. The zero-order chi connectivity index (χ0) is 21.3. The molecule has 0 aliphatic heterocycles. The fourth-order valence-corrected chi connectivity index (χ4v) is 3.20. The number of fused-ring (bicyclic) bond motifs is 1. The molecule has 0 fully saturated rings. The van der Waals surface area contributed by atoms with Crippen LogP contribution < -0.4 is 5.32 Å². The quantitative estimate of drug-likeness (QED) is 0.314. The molecule has 150 valence electrons. The molecule has 1 aromatic heterocycles. The number of aryl methyl sites for hydroxylation is 1. The number of anilines is 1. The van der Waals surface area contributed by atoms with E-state index in [1.165, 1.54) is 30.3 Å². The standard InChI is InChI=1S/C24H18F2N2O2/c1-14-11-19(26)8-10-21(14)27-15(2)12-23(29)17-5-9-22-20(13-17)24(30-28-22)16-3-6-18(25)7-4-16/h3-13,27H,1-2H3/b15-12-. The molecule has 0 atom stereocenters. The minimum Gasteiger partial charge on any atom is -0.359 e. The lowest BCUT2D eigenvalue weighted by molar-refractivity contribution is 0.104. The van der Waals surface area contributed by atoms with Gasteiger partial charge in [0.15, 0.2) is 11.5 Å². The second kappa shape index (κ2) is 7.91. The summed E-state index contributed by atoms with van der Waals surface area (Å²) in [6, 6.07) is 15.4. The zero-order valence-electron chi connectivity index (χ0n) is 16.4. The first kappa shape index (κ1) is 19.5. The van der Waals surface area contributed by atoms with Crippen LogP contribution in [0.3, 0.4) is 0 Å². The summed E-state index contributed by atoms with van der Waals surface area (Å²) < 4.78 is 31.9. The highest BCUT2D eigenvalue weighted by atomic mass is 19.1. The second-order valence-corrected chi connectivity index (χ2v) is 7.03. The molecular weight excluding hydrogens is 386 g/mol. The van der Waals surface area contributed by atoms with Crippen molar-refractivity contribution in [2.24, 2.45) is 0 Å². The first-order valence-corrected chi connectivity index (χ1v) is 9.32. The molecule has 0 radical (unpaired) electrons. The van der Waals surface area contributed by atoms with Crippen molar-refractivity contribution >= 4 is 22.4 Å². The van der Waals surface area contributed by atoms with Gasteiger partial charge in [0.1, 0.15) is 17.2 Å². The van der Waals surface area contributed by atoms with Gasteiger partial charge in [0.05, 0.1) is 5.39 Å². The molecule has 0 aliphatic rings. The molecule has 0 amide bonds. The van der Waals surface area contributed by atoms with Crippen LogP contribution in [0, 0.1) is 18.6 Å². The van der Waals surface area contributed by atoms with Gasteiger partial charge in [-0.25, -0.2) is 8.78 Å². The number of rotatable bonds is 5. The molecule has 0 bridgehead atoms. The smallest absolute Gasteiger partial charge is 0.187 e. The van der Waals surface area contributed by atoms with Crippen LogP contribution in [-0.2, 0) is 0 Å². The Morgan fingerprint density at radius 2 is 1.73 bits per heavy atom. The summed E-state index contributed by atoms with van der Waals surface area (Å²) >= 11 is 0. The Morgan fingerprint density at radius 3 is 2.47 bits per heavy atom. The highest BCUT2D eigenvalue weighted by Gasteiger charge is 2.14. The van der Waals surface area contributed by atoms with Crippen LogP contribution in [0.25, 0.3) is 22.2 Å². The van der Waals surface area contributed by atoms with Crippen molar-refractivity contribution in [1.29, 1.82) is 0 Å². The van der Waals surface area contributed by atoms with Crippen molar-refractivity contribution < 1.29 is 18.1 Å². The third kappa shape index (κ3) is 3.98. The topological polar surface area (TPSA) is 55.1 Å². The zero-order valence-corrected chi connectivity index (χ0v) is 16.4. The maximum Gasteiger partial charge on any atom is 0.187 e. The number of aromatic nitrogens is 1. The number of ketones is 1. The van der Waals surface area contributed by atoms with Crippen molar-refractivity contribution in [2.45, 2.75) is 13.8 Å². The molecular formula is C24H18F2N2O2. The summed E-state index contributed by atoms with van der Waals surface area (Å²) in [5, 5.41) is 7.80. The fraction of sp³-hybridized carbons (Fsp3) is 0.0833. The minimum atomic E-state index is -0.344. The van der Waals surface area contributed by atoms with E-state index in [1.54, 1.807) is 50.2 Å². The molecule has 0 unspecified atom stereocenters. The van der Waals surface area contributed by atoms with Gasteiger partial charge in [-0.2, -0.15) is 0 Å². The van der Waals surface area contributed by atoms with Gasteiger partial charge in [0, 0.05) is 28.6 Å². The Bertz CT molecular complexity index is 1270. The van der Waals surface area contributed by atoms with Crippen LogP contribution in [0.2, 0.25) is 0 Å². The lowest BCUT2D eigenvalue weighted by atomic mass is 10.0. The largest absolute Gasteiger partial charge is 0.359 e. The van der Waals surface area contributed by atoms with Gasteiger partial charge in [-0.05, 0) is 80.1 Å². The first-order chi connectivity index (χ1) is 14.4. The maximum absolute atomic E-state index is 13.3. The van der Waals surface area contributed by atoms with E-state index in [2.05, 4.69) is 10.5 Å². The Balaban J connectivity index is 1.62. The Hall–Kier alpha value is -3.80. The molecule has 1 N–H and O–H groups in total. The Labute approximate surface area is 171 Å². The number of nitrogens with one attached hydrogen (secondary N) is 1. The van der Waals surface area contributed by atoms with Gasteiger partial charge in [0.25, 0.3) is 0 Å². The summed E-state index contributed by atoms with van der Waals surface area (Å²) in [6.07, 6.45) is 1.48. The van der Waals surface area contributed by atoms with Gasteiger partial charge >= 0.3 is 0 Å². The number of halogens is 2. The highest BCUT2D eigenvalue weighted by molar-refractivity contribution is 6.08. The highest BCUT2D eigenvalue weighted by Crippen LogP contribution is 2.29. The molecule has 4 nitrogen and oxygen atoms in total. The summed E-state index contributed by atoms with van der Waals surface area (Å²) in [7, 11) is 0. The van der Waals surface area contributed by atoms with E-state index in [0.717, 1.165) is 11.3 Å². The van der Waals surface area contributed by atoms with E-state index in [9.17, 15) is 13.6 Å². The second-order valence-electron chi connectivity index (χ2n) is 7.03. The molecule has 0 saturated carbocycles. The summed E-state index contributed by atoms with van der Waals surface area (Å²) in [5.41, 5.74) is 3.83. The molecule has 3 aromatic carbocycles.